The van der Waals surface area contributed by atoms with E-state index in [1.165, 1.54) is 12.3 Å². The van der Waals surface area contributed by atoms with E-state index in [4.69, 9.17) is 15.2 Å². The highest BCUT2D eigenvalue weighted by Gasteiger charge is 2.49. The molecule has 0 radical (unpaired) electrons. The number of nitrogens with zero attached hydrogens (tertiary/aromatic N) is 1. The van der Waals surface area contributed by atoms with Crippen LogP contribution in [0.5, 0.6) is 0 Å². The molecular formula is C15H21FN2O2. The molecule has 2 aliphatic heterocycles. The smallest absolute Gasteiger partial charge is 0.126 e. The van der Waals surface area contributed by atoms with Crippen molar-refractivity contribution in [3.8, 4) is 0 Å². The lowest BCUT2D eigenvalue weighted by atomic mass is 9.68. The van der Waals surface area contributed by atoms with Crippen molar-refractivity contribution in [2.45, 2.75) is 36.7 Å². The van der Waals surface area contributed by atoms with E-state index in [2.05, 4.69) is 4.98 Å². The van der Waals surface area contributed by atoms with E-state index in [-0.39, 0.29) is 16.8 Å². The molecule has 1 aromatic heterocycles. The Morgan fingerprint density at radius 1 is 1.35 bits per heavy atom. The quantitative estimate of drug-likeness (QED) is 0.917. The van der Waals surface area contributed by atoms with Crippen LogP contribution in [-0.2, 0) is 14.9 Å². The second kappa shape index (κ2) is 5.39. The third kappa shape index (κ3) is 2.45. The van der Waals surface area contributed by atoms with Crippen molar-refractivity contribution in [1.29, 1.82) is 0 Å². The highest BCUT2D eigenvalue weighted by atomic mass is 19.1. The first kappa shape index (κ1) is 13.9. The minimum atomic E-state index is -0.241. The number of hydrogen-bond donors (Lipinski definition) is 1. The van der Waals surface area contributed by atoms with Crippen molar-refractivity contribution < 1.29 is 13.9 Å². The molecule has 0 saturated carbocycles. The Morgan fingerprint density at radius 3 is 2.95 bits per heavy atom. The van der Waals surface area contributed by atoms with Gasteiger partial charge < -0.3 is 15.2 Å². The molecule has 0 bridgehead atoms. The van der Waals surface area contributed by atoms with Crippen LogP contribution < -0.4 is 5.73 Å². The van der Waals surface area contributed by atoms with Crippen LogP contribution in [0, 0.1) is 5.82 Å². The van der Waals surface area contributed by atoms with Crippen LogP contribution in [0.3, 0.4) is 0 Å². The van der Waals surface area contributed by atoms with Crippen molar-refractivity contribution >= 4 is 0 Å². The molecule has 0 unspecified atom stereocenters. The predicted octanol–water partition coefficient (Wildman–Crippen LogP) is 1.78. The maximum atomic E-state index is 13.6. The average molecular weight is 280 g/mol. The number of halogens is 1. The topological polar surface area (TPSA) is 57.4 Å². The van der Waals surface area contributed by atoms with Crippen molar-refractivity contribution in [2.24, 2.45) is 5.73 Å². The fourth-order valence-corrected chi connectivity index (χ4v) is 3.59. The van der Waals surface area contributed by atoms with E-state index < -0.39 is 0 Å². The van der Waals surface area contributed by atoms with Gasteiger partial charge in [0.1, 0.15) is 5.82 Å². The highest BCUT2D eigenvalue weighted by molar-refractivity contribution is 5.21. The van der Waals surface area contributed by atoms with Gasteiger partial charge in [-0.1, -0.05) is 0 Å². The molecule has 4 nitrogen and oxygen atoms in total. The molecule has 0 aliphatic carbocycles. The summed E-state index contributed by atoms with van der Waals surface area (Å²) in [6.45, 7) is 2.57. The van der Waals surface area contributed by atoms with Crippen LogP contribution >= 0.6 is 0 Å². The molecule has 3 heterocycles. The third-order valence-electron chi connectivity index (χ3n) is 4.60. The molecular weight excluding hydrogens is 259 g/mol. The van der Waals surface area contributed by atoms with Crippen LogP contribution in [0.4, 0.5) is 4.39 Å². The zero-order valence-corrected chi connectivity index (χ0v) is 11.6. The number of aromatic nitrogens is 1. The lowest BCUT2D eigenvalue weighted by molar-refractivity contribution is -0.108. The van der Waals surface area contributed by atoms with E-state index in [0.717, 1.165) is 38.0 Å². The van der Waals surface area contributed by atoms with Crippen molar-refractivity contribution in [3.05, 3.63) is 29.8 Å². The largest absolute Gasteiger partial charge is 0.378 e. The van der Waals surface area contributed by atoms with Gasteiger partial charge in [0, 0.05) is 36.9 Å². The monoisotopic (exact) mass is 280 g/mol. The minimum absolute atomic E-state index is 0.192. The SMILES string of the molecule is NCC[C@@]1(c2cc(F)ccn2)CCO[C@]2(CCOC2)C1. The van der Waals surface area contributed by atoms with E-state index in [0.29, 0.717) is 19.8 Å². The second-order valence-electron chi connectivity index (χ2n) is 5.94. The fourth-order valence-electron chi connectivity index (χ4n) is 3.59. The molecule has 20 heavy (non-hydrogen) atoms. The van der Waals surface area contributed by atoms with E-state index in [9.17, 15) is 4.39 Å². The maximum absolute atomic E-state index is 13.6. The number of nitrogens with two attached hydrogens (primary N) is 1. The fraction of sp³-hybridized carbons (Fsp3) is 0.667. The van der Waals surface area contributed by atoms with Gasteiger partial charge in [0.05, 0.1) is 12.2 Å². The summed E-state index contributed by atoms with van der Waals surface area (Å²) in [6.07, 6.45) is 4.88. The Morgan fingerprint density at radius 2 is 2.25 bits per heavy atom. The number of rotatable bonds is 3. The zero-order valence-electron chi connectivity index (χ0n) is 11.6. The van der Waals surface area contributed by atoms with Gasteiger partial charge in [-0.2, -0.15) is 0 Å². The number of pyridine rings is 1. The van der Waals surface area contributed by atoms with E-state index >= 15 is 0 Å². The van der Waals surface area contributed by atoms with Crippen molar-refractivity contribution in [1.82, 2.24) is 4.98 Å². The highest BCUT2D eigenvalue weighted by Crippen LogP contribution is 2.46. The summed E-state index contributed by atoms with van der Waals surface area (Å²) in [7, 11) is 0. The van der Waals surface area contributed by atoms with Crippen LogP contribution in [0.1, 0.15) is 31.4 Å². The van der Waals surface area contributed by atoms with Gasteiger partial charge in [0.15, 0.2) is 0 Å². The maximum Gasteiger partial charge on any atom is 0.126 e. The lowest BCUT2D eigenvalue weighted by Crippen LogP contribution is -2.49. The molecule has 1 spiro atoms. The third-order valence-corrected chi connectivity index (χ3v) is 4.60. The first-order valence-corrected chi connectivity index (χ1v) is 7.22. The number of hydrogen-bond acceptors (Lipinski definition) is 4. The molecule has 5 heteroatoms. The molecule has 2 N–H and O–H groups in total. The summed E-state index contributed by atoms with van der Waals surface area (Å²) in [6, 6.07) is 2.93. The van der Waals surface area contributed by atoms with Gasteiger partial charge >= 0.3 is 0 Å². The molecule has 2 atom stereocenters. The van der Waals surface area contributed by atoms with E-state index in [1.807, 2.05) is 0 Å². The Labute approximate surface area is 118 Å². The van der Waals surface area contributed by atoms with Gasteiger partial charge in [-0.25, -0.2) is 4.39 Å². The summed E-state index contributed by atoms with van der Waals surface area (Å²) >= 11 is 0. The van der Waals surface area contributed by atoms with Crippen molar-refractivity contribution in [2.75, 3.05) is 26.4 Å². The molecule has 110 valence electrons. The van der Waals surface area contributed by atoms with Gasteiger partial charge in [-0.3, -0.25) is 4.98 Å². The molecule has 0 aromatic carbocycles. The molecule has 2 aliphatic rings. The average Bonchev–Trinajstić information content (AvgIpc) is 2.87. The summed E-state index contributed by atoms with van der Waals surface area (Å²) in [4.78, 5) is 4.42. The molecule has 1 aromatic rings. The summed E-state index contributed by atoms with van der Waals surface area (Å²) in [5.41, 5.74) is 6.19. The Hall–Kier alpha value is -1.04. The summed E-state index contributed by atoms with van der Waals surface area (Å²) in [5, 5.41) is 0. The van der Waals surface area contributed by atoms with Crippen LogP contribution in [0.25, 0.3) is 0 Å². The zero-order chi connectivity index (χ0) is 14.1. The Bertz CT molecular complexity index is 473. The van der Waals surface area contributed by atoms with E-state index in [1.54, 1.807) is 6.07 Å². The van der Waals surface area contributed by atoms with Crippen LogP contribution in [0.2, 0.25) is 0 Å². The number of ether oxygens (including phenoxy) is 2. The molecule has 3 rings (SSSR count). The van der Waals surface area contributed by atoms with Gasteiger partial charge in [0.2, 0.25) is 0 Å². The molecule has 0 amide bonds. The first-order chi connectivity index (χ1) is 9.68. The second-order valence-corrected chi connectivity index (χ2v) is 5.94. The van der Waals surface area contributed by atoms with Crippen LogP contribution in [0.15, 0.2) is 18.3 Å². The summed E-state index contributed by atoms with van der Waals surface area (Å²) < 4.78 is 25.1. The first-order valence-electron chi connectivity index (χ1n) is 7.22. The summed E-state index contributed by atoms with van der Waals surface area (Å²) in [5.74, 6) is -0.241. The Balaban J connectivity index is 1.94. The lowest BCUT2D eigenvalue weighted by Gasteiger charge is -2.45. The Kier molecular flexibility index (Phi) is 3.75. The van der Waals surface area contributed by atoms with Gasteiger partial charge in [0.25, 0.3) is 0 Å². The minimum Gasteiger partial charge on any atom is -0.378 e. The van der Waals surface area contributed by atoms with Crippen molar-refractivity contribution in [3.63, 3.8) is 0 Å². The van der Waals surface area contributed by atoms with Gasteiger partial charge in [-0.15, -0.1) is 0 Å². The van der Waals surface area contributed by atoms with Gasteiger partial charge in [-0.05, 0) is 37.9 Å². The predicted molar refractivity (Wildman–Crippen MR) is 72.9 cm³/mol. The molecule has 2 fully saturated rings. The standard InChI is InChI=1S/C15H21FN2O2/c16-12-1-6-18-13(9-12)14(2-5-17)3-8-20-15(10-14)4-7-19-11-15/h1,6,9H,2-5,7-8,10-11,17H2/t14-,15-/m1/s1. The van der Waals surface area contributed by atoms with Crippen LogP contribution in [-0.4, -0.2) is 37.0 Å². The normalized spacial score (nSPS) is 33.7. The molecule has 2 saturated heterocycles.